The first-order valence-corrected chi connectivity index (χ1v) is 9.77. The highest BCUT2D eigenvalue weighted by Crippen LogP contribution is 2.59. The van der Waals surface area contributed by atoms with Crippen molar-refractivity contribution in [3.8, 4) is 0 Å². The number of ether oxygens (including phenoxy) is 1. The minimum Gasteiger partial charge on any atom is -0.385 e. The van der Waals surface area contributed by atoms with Gasteiger partial charge in [-0.3, -0.25) is 9.78 Å². The second kappa shape index (κ2) is 7.02. The molecule has 25 heavy (non-hydrogen) atoms. The maximum Gasteiger partial charge on any atom is 0.274 e. The monoisotopic (exact) mass is 343 g/mol. The van der Waals surface area contributed by atoms with Crippen LogP contribution in [0.1, 0.15) is 54.7 Å². The zero-order valence-electron chi connectivity index (χ0n) is 15.4. The number of carbonyl (C=O) groups is 1. The van der Waals surface area contributed by atoms with E-state index in [2.05, 4.69) is 14.9 Å². The Morgan fingerprint density at radius 3 is 2.80 bits per heavy atom. The van der Waals surface area contributed by atoms with Crippen LogP contribution in [0.2, 0.25) is 0 Å². The smallest absolute Gasteiger partial charge is 0.274 e. The van der Waals surface area contributed by atoms with Gasteiger partial charge in [-0.2, -0.15) is 0 Å². The molecule has 3 aliphatic carbocycles. The third-order valence-electron chi connectivity index (χ3n) is 6.80. The average Bonchev–Trinajstić information content (AvgIpc) is 3.31. The van der Waals surface area contributed by atoms with Gasteiger partial charge in [0.05, 0.1) is 11.9 Å². The Morgan fingerprint density at radius 1 is 1.20 bits per heavy atom. The third kappa shape index (κ3) is 3.07. The van der Waals surface area contributed by atoms with Crippen LogP contribution in [0.3, 0.4) is 0 Å². The number of nitrogens with zero attached hydrogens (tertiary/aromatic N) is 3. The SMILES string of the molecule is COCCCN(C(=O)c1cnc(C)cn1)[C@@H]1C[C@H]2C[C@H]1[C@@H]1CCC[C@@H]21. The number of amides is 1. The first-order valence-electron chi connectivity index (χ1n) is 9.77. The van der Waals surface area contributed by atoms with Crippen molar-refractivity contribution in [2.24, 2.45) is 23.7 Å². The van der Waals surface area contributed by atoms with Crippen LogP contribution in [0.4, 0.5) is 0 Å². The van der Waals surface area contributed by atoms with E-state index in [9.17, 15) is 4.79 Å². The van der Waals surface area contributed by atoms with Crippen molar-refractivity contribution < 1.29 is 9.53 Å². The lowest BCUT2D eigenvalue weighted by Crippen LogP contribution is -2.47. The lowest BCUT2D eigenvalue weighted by atomic mass is 9.78. The Bertz CT molecular complexity index is 618. The molecule has 1 heterocycles. The molecule has 2 bridgehead atoms. The van der Waals surface area contributed by atoms with Crippen molar-refractivity contribution in [1.82, 2.24) is 14.9 Å². The Labute approximate surface area is 150 Å². The predicted molar refractivity (Wildman–Crippen MR) is 95.1 cm³/mol. The van der Waals surface area contributed by atoms with Gasteiger partial charge >= 0.3 is 0 Å². The standard InChI is InChI=1S/C20H29N3O2/c1-13-11-22-18(12-21-13)20(24)23(7-4-8-25-2)19-10-14-9-17(19)16-6-3-5-15(14)16/h11-12,14-17,19H,3-10H2,1-2H3/t14-,15+,16-,17+,19-/m1/s1. The predicted octanol–water partition coefficient (Wildman–Crippen LogP) is 3.09. The largest absolute Gasteiger partial charge is 0.385 e. The molecule has 0 saturated heterocycles. The molecule has 4 rings (SSSR count). The molecule has 3 fully saturated rings. The van der Waals surface area contributed by atoms with E-state index in [0.717, 1.165) is 36.4 Å². The van der Waals surface area contributed by atoms with Crippen molar-refractivity contribution in [2.45, 2.75) is 51.5 Å². The highest BCUT2D eigenvalue weighted by atomic mass is 16.5. The van der Waals surface area contributed by atoms with Gasteiger partial charge in [-0.05, 0) is 62.7 Å². The molecule has 0 spiro atoms. The van der Waals surface area contributed by atoms with Crippen LogP contribution in [0, 0.1) is 30.6 Å². The summed E-state index contributed by atoms with van der Waals surface area (Å²) in [5.41, 5.74) is 1.32. The van der Waals surface area contributed by atoms with Crippen molar-refractivity contribution in [2.75, 3.05) is 20.3 Å². The Balaban J connectivity index is 1.54. The number of aromatic nitrogens is 2. The summed E-state index contributed by atoms with van der Waals surface area (Å²) in [6.45, 7) is 3.34. The van der Waals surface area contributed by atoms with E-state index in [0.29, 0.717) is 24.3 Å². The molecule has 0 aromatic carbocycles. The van der Waals surface area contributed by atoms with Crippen molar-refractivity contribution in [3.05, 3.63) is 23.8 Å². The zero-order valence-corrected chi connectivity index (χ0v) is 15.4. The topological polar surface area (TPSA) is 55.3 Å². The summed E-state index contributed by atoms with van der Waals surface area (Å²) in [7, 11) is 1.72. The number of hydrogen-bond donors (Lipinski definition) is 0. The molecular weight excluding hydrogens is 314 g/mol. The molecule has 0 N–H and O–H groups in total. The molecule has 3 aliphatic rings. The zero-order chi connectivity index (χ0) is 17.4. The summed E-state index contributed by atoms with van der Waals surface area (Å²) in [4.78, 5) is 23.9. The molecule has 3 saturated carbocycles. The van der Waals surface area contributed by atoms with Crippen LogP contribution < -0.4 is 0 Å². The molecule has 5 nitrogen and oxygen atoms in total. The number of fused-ring (bicyclic) bond motifs is 5. The van der Waals surface area contributed by atoms with Crippen molar-refractivity contribution >= 4 is 5.91 Å². The van der Waals surface area contributed by atoms with E-state index >= 15 is 0 Å². The highest BCUT2D eigenvalue weighted by molar-refractivity contribution is 5.92. The summed E-state index contributed by atoms with van der Waals surface area (Å²) in [6.07, 6.45) is 10.9. The molecule has 5 heteroatoms. The Hall–Kier alpha value is -1.49. The number of aryl methyl sites for hydroxylation is 1. The van der Waals surface area contributed by atoms with Gasteiger partial charge in [0.2, 0.25) is 0 Å². The highest BCUT2D eigenvalue weighted by Gasteiger charge is 2.55. The van der Waals surface area contributed by atoms with E-state index in [1.165, 1.54) is 32.1 Å². The van der Waals surface area contributed by atoms with Crippen LogP contribution >= 0.6 is 0 Å². The van der Waals surface area contributed by atoms with Crippen LogP contribution in [0.25, 0.3) is 0 Å². The Kier molecular flexibility index (Phi) is 4.76. The van der Waals surface area contributed by atoms with Gasteiger partial charge in [0.25, 0.3) is 5.91 Å². The van der Waals surface area contributed by atoms with Crippen LogP contribution in [0.5, 0.6) is 0 Å². The molecule has 1 aromatic heterocycles. The summed E-state index contributed by atoms with van der Waals surface area (Å²) < 4.78 is 5.22. The van der Waals surface area contributed by atoms with E-state index in [4.69, 9.17) is 4.74 Å². The maximum atomic E-state index is 13.2. The first-order chi connectivity index (χ1) is 12.2. The van der Waals surface area contributed by atoms with Crippen LogP contribution in [-0.4, -0.2) is 47.1 Å². The minimum absolute atomic E-state index is 0.0516. The fourth-order valence-corrected chi connectivity index (χ4v) is 5.84. The van der Waals surface area contributed by atoms with Crippen LogP contribution in [0.15, 0.2) is 12.4 Å². The fourth-order valence-electron chi connectivity index (χ4n) is 5.84. The number of rotatable bonds is 6. The molecule has 1 aromatic rings. The number of methoxy groups -OCH3 is 1. The van der Waals surface area contributed by atoms with Gasteiger partial charge in [-0.1, -0.05) is 6.42 Å². The van der Waals surface area contributed by atoms with Gasteiger partial charge < -0.3 is 9.64 Å². The van der Waals surface area contributed by atoms with Gasteiger partial charge in [0.1, 0.15) is 5.69 Å². The van der Waals surface area contributed by atoms with Gasteiger partial charge in [-0.25, -0.2) is 4.98 Å². The number of hydrogen-bond acceptors (Lipinski definition) is 4. The van der Waals surface area contributed by atoms with Crippen LogP contribution in [-0.2, 0) is 4.74 Å². The van der Waals surface area contributed by atoms with Crippen molar-refractivity contribution in [3.63, 3.8) is 0 Å². The summed E-state index contributed by atoms with van der Waals surface area (Å²) in [6, 6.07) is 0.386. The molecular formula is C20H29N3O2. The average molecular weight is 343 g/mol. The molecule has 0 unspecified atom stereocenters. The minimum atomic E-state index is 0.0516. The van der Waals surface area contributed by atoms with E-state index in [-0.39, 0.29) is 5.91 Å². The van der Waals surface area contributed by atoms with Gasteiger partial charge in [-0.15, -0.1) is 0 Å². The molecule has 136 valence electrons. The quantitative estimate of drug-likeness (QED) is 0.745. The summed E-state index contributed by atoms with van der Waals surface area (Å²) in [5, 5.41) is 0. The molecule has 0 aliphatic heterocycles. The lowest BCUT2D eigenvalue weighted by Gasteiger charge is -2.39. The second-order valence-electron chi connectivity index (χ2n) is 8.11. The molecule has 0 radical (unpaired) electrons. The second-order valence-corrected chi connectivity index (χ2v) is 8.11. The maximum absolute atomic E-state index is 13.2. The summed E-state index contributed by atoms with van der Waals surface area (Å²) in [5.74, 6) is 3.38. The normalized spacial score (nSPS) is 32.8. The molecule has 5 atom stereocenters. The Morgan fingerprint density at radius 2 is 2.04 bits per heavy atom. The van der Waals surface area contributed by atoms with Gasteiger partial charge in [0.15, 0.2) is 0 Å². The van der Waals surface area contributed by atoms with E-state index < -0.39 is 0 Å². The van der Waals surface area contributed by atoms with Crippen molar-refractivity contribution in [1.29, 1.82) is 0 Å². The summed E-state index contributed by atoms with van der Waals surface area (Å²) >= 11 is 0. The lowest BCUT2D eigenvalue weighted by molar-refractivity contribution is 0.0487. The number of carbonyl (C=O) groups excluding carboxylic acids is 1. The fraction of sp³-hybridized carbons (Fsp3) is 0.750. The van der Waals surface area contributed by atoms with Gasteiger partial charge in [0, 0.05) is 32.5 Å². The van der Waals surface area contributed by atoms with E-state index in [1.807, 2.05) is 6.92 Å². The van der Waals surface area contributed by atoms with E-state index in [1.54, 1.807) is 19.5 Å². The first kappa shape index (κ1) is 17.0. The molecule has 1 amide bonds. The third-order valence-corrected chi connectivity index (χ3v) is 6.80.